The smallest absolute Gasteiger partial charge is 0.545 e. The molecule has 0 fully saturated rings. The number of aliphatic carboxylic acids is 1. The van der Waals surface area contributed by atoms with Crippen molar-refractivity contribution in [3.8, 4) is 0 Å². The molecule has 0 N–H and O–H groups in total. The van der Waals surface area contributed by atoms with E-state index < -0.39 is 11.9 Å². The maximum Gasteiger partial charge on any atom is 1.00 e. The first-order valence-corrected chi connectivity index (χ1v) is 5.46. The van der Waals surface area contributed by atoms with Crippen molar-refractivity contribution < 1.29 is 70.8 Å². The predicted octanol–water partition coefficient (Wildman–Crippen LogP) is -1.97. The second-order valence-corrected chi connectivity index (χ2v) is 3.40. The monoisotopic (exact) mass is 284 g/mol. The summed E-state index contributed by atoms with van der Waals surface area (Å²) in [4.78, 5) is 21.3. The van der Waals surface area contributed by atoms with Crippen LogP contribution in [-0.4, -0.2) is 18.5 Å². The number of carboxylic acids is 1. The van der Waals surface area contributed by atoms with E-state index in [0.29, 0.717) is 6.61 Å². The summed E-state index contributed by atoms with van der Waals surface area (Å²) in [5.74, 6) is -1.63. The van der Waals surface area contributed by atoms with E-state index in [0.717, 1.165) is 17.2 Å². The quantitative estimate of drug-likeness (QED) is 0.357. The van der Waals surface area contributed by atoms with Crippen LogP contribution < -0.4 is 56.5 Å². The largest absolute Gasteiger partial charge is 1.00 e. The molecule has 1 rings (SSSR count). The van der Waals surface area contributed by atoms with Gasteiger partial charge in [0.15, 0.2) is 0 Å². The number of carbonyl (C=O) groups is 2. The third-order valence-electron chi connectivity index (χ3n) is 2.05. The SMILES string of the molecule is CCOC(=O)C=Cc1ccc(C=CC(=O)[O-])cc1.[K+]. The molecule has 5 heteroatoms. The number of ether oxygens (including phenoxy) is 1. The van der Waals surface area contributed by atoms with Crippen molar-refractivity contribution in [3.63, 3.8) is 0 Å². The van der Waals surface area contributed by atoms with Gasteiger partial charge in [-0.15, -0.1) is 0 Å². The molecule has 0 saturated carbocycles. The molecule has 0 aliphatic rings. The fraction of sp³-hybridized carbons (Fsp3) is 0.143. The Bertz CT molecular complexity index is 475. The molecule has 0 aliphatic carbocycles. The van der Waals surface area contributed by atoms with Crippen LogP contribution in [-0.2, 0) is 14.3 Å². The summed E-state index contributed by atoms with van der Waals surface area (Å²) < 4.78 is 4.74. The molecule has 0 amide bonds. The van der Waals surface area contributed by atoms with Crippen LogP contribution in [0.4, 0.5) is 0 Å². The van der Waals surface area contributed by atoms with Gasteiger partial charge in [-0.3, -0.25) is 0 Å². The number of carbonyl (C=O) groups excluding carboxylic acids is 2. The molecule has 0 atom stereocenters. The Hall–Kier alpha value is -0.724. The summed E-state index contributed by atoms with van der Waals surface area (Å²) in [5.41, 5.74) is 1.57. The molecule has 1 aromatic carbocycles. The second-order valence-electron chi connectivity index (χ2n) is 3.40. The van der Waals surface area contributed by atoms with Gasteiger partial charge in [0.1, 0.15) is 0 Å². The zero-order valence-corrected chi connectivity index (χ0v) is 14.1. The van der Waals surface area contributed by atoms with Gasteiger partial charge in [-0.1, -0.05) is 30.3 Å². The van der Waals surface area contributed by atoms with Gasteiger partial charge in [-0.05, 0) is 30.2 Å². The van der Waals surface area contributed by atoms with E-state index in [4.69, 9.17) is 4.74 Å². The molecule has 1 aromatic rings. The molecule has 94 valence electrons. The van der Waals surface area contributed by atoms with E-state index in [-0.39, 0.29) is 51.4 Å². The van der Waals surface area contributed by atoms with Gasteiger partial charge in [0, 0.05) is 6.08 Å². The van der Waals surface area contributed by atoms with Crippen LogP contribution >= 0.6 is 0 Å². The van der Waals surface area contributed by atoms with Crippen molar-refractivity contribution >= 4 is 24.1 Å². The van der Waals surface area contributed by atoms with E-state index in [9.17, 15) is 14.7 Å². The van der Waals surface area contributed by atoms with Gasteiger partial charge in [-0.25, -0.2) is 4.79 Å². The van der Waals surface area contributed by atoms with E-state index in [1.165, 1.54) is 12.2 Å². The molecule has 0 saturated heterocycles. The van der Waals surface area contributed by atoms with Crippen LogP contribution in [0.2, 0.25) is 0 Å². The van der Waals surface area contributed by atoms with Crippen molar-refractivity contribution in [2.24, 2.45) is 0 Å². The van der Waals surface area contributed by atoms with Crippen LogP contribution in [0.25, 0.3) is 12.2 Å². The van der Waals surface area contributed by atoms with Gasteiger partial charge in [0.25, 0.3) is 0 Å². The average molecular weight is 284 g/mol. The fourth-order valence-electron chi connectivity index (χ4n) is 1.24. The molecule has 0 aromatic heterocycles. The Morgan fingerprint density at radius 2 is 1.58 bits per heavy atom. The average Bonchev–Trinajstić information content (AvgIpc) is 2.35. The summed E-state index contributed by atoms with van der Waals surface area (Å²) in [6.07, 6.45) is 5.37. The zero-order valence-electron chi connectivity index (χ0n) is 11.0. The van der Waals surface area contributed by atoms with E-state index >= 15 is 0 Å². The van der Waals surface area contributed by atoms with Crippen LogP contribution in [0.3, 0.4) is 0 Å². The molecule has 0 heterocycles. The zero-order chi connectivity index (χ0) is 13.4. The summed E-state index contributed by atoms with van der Waals surface area (Å²) >= 11 is 0. The van der Waals surface area contributed by atoms with E-state index in [2.05, 4.69) is 0 Å². The number of rotatable bonds is 5. The van der Waals surface area contributed by atoms with Crippen LogP contribution in [0.15, 0.2) is 36.4 Å². The third kappa shape index (κ3) is 8.12. The fourth-order valence-corrected chi connectivity index (χ4v) is 1.24. The van der Waals surface area contributed by atoms with E-state index in [1.807, 2.05) is 0 Å². The number of esters is 1. The maximum atomic E-state index is 11.1. The predicted molar refractivity (Wildman–Crippen MR) is 66.2 cm³/mol. The Kier molecular flexibility index (Phi) is 9.73. The molecular weight excluding hydrogens is 271 g/mol. The summed E-state index contributed by atoms with van der Waals surface area (Å²) in [7, 11) is 0. The normalized spacial score (nSPS) is 10.4. The number of benzene rings is 1. The molecule has 0 bridgehead atoms. The number of hydrogen-bond donors (Lipinski definition) is 0. The van der Waals surface area contributed by atoms with Crippen molar-refractivity contribution in [1.29, 1.82) is 0 Å². The Morgan fingerprint density at radius 1 is 1.11 bits per heavy atom. The molecular formula is C14H13KO4. The molecule has 4 nitrogen and oxygen atoms in total. The van der Waals surface area contributed by atoms with Gasteiger partial charge in [0.05, 0.1) is 12.6 Å². The van der Waals surface area contributed by atoms with Crippen LogP contribution in [0.1, 0.15) is 18.1 Å². The molecule has 0 aliphatic heterocycles. The number of carboxylic acid groups (broad SMARTS) is 1. The van der Waals surface area contributed by atoms with Gasteiger partial charge < -0.3 is 14.6 Å². The van der Waals surface area contributed by atoms with Crippen LogP contribution in [0.5, 0.6) is 0 Å². The maximum absolute atomic E-state index is 11.1. The molecule has 0 spiro atoms. The first kappa shape index (κ1) is 18.3. The van der Waals surface area contributed by atoms with Crippen molar-refractivity contribution in [3.05, 3.63) is 47.5 Å². The standard InChI is InChI=1S/C14H14O4.K/c1-2-18-14(17)10-8-12-5-3-11(4-6-12)7-9-13(15)16;/h3-10H,2H2,1H3,(H,15,16);/q;+1/p-1. The molecule has 0 radical (unpaired) electrons. The Balaban J connectivity index is 0.00000324. The second kappa shape index (κ2) is 10.1. The van der Waals surface area contributed by atoms with Gasteiger partial charge in [-0.2, -0.15) is 0 Å². The molecule has 0 unspecified atom stereocenters. The van der Waals surface area contributed by atoms with Gasteiger partial charge in [0.2, 0.25) is 0 Å². The minimum Gasteiger partial charge on any atom is -0.545 e. The van der Waals surface area contributed by atoms with E-state index in [1.54, 1.807) is 37.3 Å². The summed E-state index contributed by atoms with van der Waals surface area (Å²) in [6, 6.07) is 7.02. The minimum absolute atomic E-state index is 0. The first-order valence-electron chi connectivity index (χ1n) is 5.46. The molecule has 19 heavy (non-hydrogen) atoms. The minimum atomic E-state index is -1.23. The van der Waals surface area contributed by atoms with Crippen molar-refractivity contribution in [2.45, 2.75) is 6.92 Å². The Labute approximate surface area is 154 Å². The van der Waals surface area contributed by atoms with Crippen molar-refractivity contribution in [1.82, 2.24) is 0 Å². The topological polar surface area (TPSA) is 66.4 Å². The van der Waals surface area contributed by atoms with Crippen molar-refractivity contribution in [2.75, 3.05) is 6.61 Å². The first-order chi connectivity index (χ1) is 8.61. The number of hydrogen-bond acceptors (Lipinski definition) is 4. The van der Waals surface area contributed by atoms with Gasteiger partial charge >= 0.3 is 57.4 Å². The summed E-state index contributed by atoms with van der Waals surface area (Å²) in [6.45, 7) is 2.08. The van der Waals surface area contributed by atoms with Crippen LogP contribution in [0, 0.1) is 0 Å². The summed E-state index contributed by atoms with van der Waals surface area (Å²) in [5, 5.41) is 10.2. The Morgan fingerprint density at radius 3 is 2.00 bits per heavy atom. The third-order valence-corrected chi connectivity index (χ3v) is 2.05.